The van der Waals surface area contributed by atoms with Crippen LogP contribution in [0.4, 0.5) is 0 Å². The Bertz CT molecular complexity index is 1140. The molecule has 2 aromatic carbocycles. The van der Waals surface area contributed by atoms with Crippen LogP contribution in [0.15, 0.2) is 42.5 Å². The summed E-state index contributed by atoms with van der Waals surface area (Å²) in [5, 5.41) is 9.72. The van der Waals surface area contributed by atoms with E-state index in [1.165, 1.54) is 32.1 Å². The molecule has 4 nitrogen and oxygen atoms in total. The quantitative estimate of drug-likeness (QED) is 0.226. The third-order valence-electron chi connectivity index (χ3n) is 6.17. The summed E-state index contributed by atoms with van der Waals surface area (Å²) in [5.41, 5.74) is 4.15. The minimum Gasteiger partial charge on any atom is -0.355 e. The summed E-state index contributed by atoms with van der Waals surface area (Å²) in [4.78, 5) is 13.1. The van der Waals surface area contributed by atoms with Crippen LogP contribution in [0.1, 0.15) is 47.3 Å². The van der Waals surface area contributed by atoms with Crippen molar-refractivity contribution >= 4 is 63.3 Å². The van der Waals surface area contributed by atoms with Gasteiger partial charge in [0, 0.05) is 27.7 Å². The number of amides is 1. The smallest absolute Gasteiger partial charge is 0.239 e. The SMILES string of the molecule is Cc1c(C(I)C(=O)NCC2CCCCC2)nn(-c2ccc(Cl)cc2Cl)c1-c1ccc(Cl)cc1. The zero-order valence-electron chi connectivity index (χ0n) is 18.3. The Morgan fingerprint density at radius 2 is 1.76 bits per heavy atom. The van der Waals surface area contributed by atoms with Gasteiger partial charge < -0.3 is 5.32 Å². The zero-order chi connectivity index (χ0) is 23.5. The second-order valence-corrected chi connectivity index (χ2v) is 11.0. The fraction of sp³-hybridized carbons (Fsp3) is 0.360. The Kier molecular flexibility index (Phi) is 8.26. The van der Waals surface area contributed by atoms with Crippen molar-refractivity contribution in [2.75, 3.05) is 6.54 Å². The summed E-state index contributed by atoms with van der Waals surface area (Å²) in [6, 6.07) is 12.9. The molecule has 0 saturated heterocycles. The summed E-state index contributed by atoms with van der Waals surface area (Å²) in [5.74, 6) is 0.557. The molecule has 4 rings (SSSR count). The fourth-order valence-electron chi connectivity index (χ4n) is 4.38. The van der Waals surface area contributed by atoms with Crippen molar-refractivity contribution in [3.63, 3.8) is 0 Å². The van der Waals surface area contributed by atoms with Crippen LogP contribution in [-0.4, -0.2) is 22.2 Å². The number of carbonyl (C=O) groups is 1. The maximum Gasteiger partial charge on any atom is 0.239 e. The first-order chi connectivity index (χ1) is 15.8. The lowest BCUT2D eigenvalue weighted by Crippen LogP contribution is -2.32. The van der Waals surface area contributed by atoms with Crippen molar-refractivity contribution in [3.05, 3.63) is 68.8 Å². The summed E-state index contributed by atoms with van der Waals surface area (Å²) >= 11 is 21.0. The first kappa shape index (κ1) is 24.8. The Hall–Kier alpha value is -1.28. The van der Waals surface area contributed by atoms with Crippen LogP contribution in [0.2, 0.25) is 15.1 Å². The highest BCUT2D eigenvalue weighted by Gasteiger charge is 2.28. The number of benzene rings is 2. The third-order valence-corrected chi connectivity index (χ3v) is 8.12. The third kappa shape index (κ3) is 5.69. The van der Waals surface area contributed by atoms with Crippen molar-refractivity contribution in [2.24, 2.45) is 5.92 Å². The first-order valence-electron chi connectivity index (χ1n) is 11.1. The van der Waals surface area contributed by atoms with E-state index in [4.69, 9.17) is 39.9 Å². The molecule has 174 valence electrons. The number of halogens is 4. The highest BCUT2D eigenvalue weighted by Crippen LogP contribution is 2.37. The van der Waals surface area contributed by atoms with Crippen LogP contribution in [0.5, 0.6) is 0 Å². The van der Waals surface area contributed by atoms with Gasteiger partial charge in [-0.05, 0) is 56.0 Å². The van der Waals surface area contributed by atoms with Gasteiger partial charge in [0.05, 0.1) is 22.1 Å². The fourth-order valence-corrected chi connectivity index (χ4v) is 5.80. The van der Waals surface area contributed by atoms with E-state index in [9.17, 15) is 4.79 Å². The maximum atomic E-state index is 13.1. The molecule has 1 amide bonds. The van der Waals surface area contributed by atoms with E-state index in [0.717, 1.165) is 23.4 Å². The molecule has 1 N–H and O–H groups in total. The van der Waals surface area contributed by atoms with E-state index in [0.29, 0.717) is 32.4 Å². The standard InChI is InChI=1S/C25H25Cl3IN3O/c1-15-23(22(29)25(33)30-14-16-5-3-2-4-6-16)31-32(21-12-11-19(27)13-20(21)28)24(15)17-7-9-18(26)10-8-17/h7-13,16,22H,2-6,14H2,1H3,(H,30,33). The van der Waals surface area contributed by atoms with Gasteiger partial charge in [-0.25, -0.2) is 4.68 Å². The molecule has 0 spiro atoms. The topological polar surface area (TPSA) is 46.9 Å². The van der Waals surface area contributed by atoms with Gasteiger partial charge in [-0.15, -0.1) is 0 Å². The number of nitrogens with one attached hydrogen (secondary N) is 1. The Morgan fingerprint density at radius 3 is 2.42 bits per heavy atom. The van der Waals surface area contributed by atoms with Gasteiger partial charge in [0.15, 0.2) is 0 Å². The number of aromatic nitrogens is 2. The van der Waals surface area contributed by atoms with Crippen molar-refractivity contribution in [2.45, 2.75) is 43.0 Å². The molecule has 0 bridgehead atoms. The Morgan fingerprint density at radius 1 is 1.09 bits per heavy atom. The maximum absolute atomic E-state index is 13.1. The lowest BCUT2D eigenvalue weighted by Gasteiger charge is -2.22. The number of alkyl halides is 1. The van der Waals surface area contributed by atoms with Gasteiger partial charge in [-0.3, -0.25) is 4.79 Å². The van der Waals surface area contributed by atoms with E-state index in [2.05, 4.69) is 27.9 Å². The number of hydrogen-bond acceptors (Lipinski definition) is 2. The van der Waals surface area contributed by atoms with Gasteiger partial charge in [0.25, 0.3) is 0 Å². The normalized spacial score (nSPS) is 15.4. The second-order valence-electron chi connectivity index (χ2n) is 8.49. The van der Waals surface area contributed by atoms with Crippen LogP contribution in [-0.2, 0) is 4.79 Å². The van der Waals surface area contributed by atoms with Gasteiger partial charge in [-0.2, -0.15) is 5.10 Å². The van der Waals surface area contributed by atoms with Gasteiger partial charge >= 0.3 is 0 Å². The molecule has 33 heavy (non-hydrogen) atoms. The number of hydrogen-bond donors (Lipinski definition) is 1. The predicted molar refractivity (Wildman–Crippen MR) is 145 cm³/mol. The molecular weight excluding hydrogens is 592 g/mol. The van der Waals surface area contributed by atoms with E-state index in [1.807, 2.05) is 37.3 Å². The summed E-state index contributed by atoms with van der Waals surface area (Å²) in [6.45, 7) is 2.72. The van der Waals surface area contributed by atoms with Gasteiger partial charge in [0.2, 0.25) is 5.91 Å². The minimum atomic E-state index is -0.426. The molecule has 1 aliphatic carbocycles. The molecule has 8 heteroatoms. The lowest BCUT2D eigenvalue weighted by molar-refractivity contribution is -0.120. The Balaban J connectivity index is 1.69. The van der Waals surface area contributed by atoms with Crippen LogP contribution in [0.25, 0.3) is 16.9 Å². The van der Waals surface area contributed by atoms with Crippen molar-refractivity contribution < 1.29 is 4.79 Å². The van der Waals surface area contributed by atoms with E-state index in [1.54, 1.807) is 16.8 Å². The van der Waals surface area contributed by atoms with E-state index < -0.39 is 3.92 Å². The van der Waals surface area contributed by atoms with Crippen LogP contribution in [0, 0.1) is 12.8 Å². The lowest BCUT2D eigenvalue weighted by atomic mass is 9.89. The van der Waals surface area contributed by atoms with E-state index >= 15 is 0 Å². The predicted octanol–water partition coefficient (Wildman–Crippen LogP) is 7.98. The number of nitrogens with zero attached hydrogens (tertiary/aromatic N) is 2. The van der Waals surface area contributed by atoms with Crippen molar-refractivity contribution in [3.8, 4) is 16.9 Å². The average molecular weight is 617 g/mol. The van der Waals surface area contributed by atoms with Gasteiger partial charge in [-0.1, -0.05) is 88.8 Å². The van der Waals surface area contributed by atoms with Crippen LogP contribution in [0.3, 0.4) is 0 Å². The van der Waals surface area contributed by atoms with Gasteiger partial charge in [0.1, 0.15) is 3.92 Å². The van der Waals surface area contributed by atoms with Crippen LogP contribution >= 0.6 is 57.4 Å². The molecule has 1 unspecified atom stereocenters. The monoisotopic (exact) mass is 615 g/mol. The average Bonchev–Trinajstić information content (AvgIpc) is 3.15. The molecule has 0 radical (unpaired) electrons. The summed E-state index contributed by atoms with van der Waals surface area (Å²) < 4.78 is 1.37. The molecule has 3 aromatic rings. The Labute approximate surface area is 223 Å². The number of rotatable bonds is 6. The summed E-state index contributed by atoms with van der Waals surface area (Å²) in [7, 11) is 0. The summed E-state index contributed by atoms with van der Waals surface area (Å²) in [6.07, 6.45) is 6.19. The number of carbonyl (C=O) groups excluding carboxylic acids is 1. The minimum absolute atomic E-state index is 0.0150. The molecule has 1 aromatic heterocycles. The molecule has 1 heterocycles. The largest absolute Gasteiger partial charge is 0.355 e. The highest BCUT2D eigenvalue weighted by atomic mass is 127. The van der Waals surface area contributed by atoms with Crippen LogP contribution < -0.4 is 5.32 Å². The van der Waals surface area contributed by atoms with E-state index in [-0.39, 0.29) is 5.91 Å². The molecule has 1 atom stereocenters. The molecule has 1 aliphatic rings. The molecule has 1 fully saturated rings. The molecule has 1 saturated carbocycles. The highest BCUT2D eigenvalue weighted by molar-refractivity contribution is 14.1. The van der Waals surface area contributed by atoms with Crippen molar-refractivity contribution in [1.82, 2.24) is 15.1 Å². The first-order valence-corrected chi connectivity index (χ1v) is 13.5. The van der Waals surface area contributed by atoms with Crippen molar-refractivity contribution in [1.29, 1.82) is 0 Å². The molecular formula is C25H25Cl3IN3O. The second kappa shape index (κ2) is 11.0. The zero-order valence-corrected chi connectivity index (χ0v) is 22.7. The molecule has 0 aliphatic heterocycles.